The number of likely N-dealkylation sites (N-methyl/N-ethyl adjacent to an activating group) is 1. The van der Waals surface area contributed by atoms with Crippen molar-refractivity contribution in [2.75, 3.05) is 20.1 Å². The first kappa shape index (κ1) is 15.7. The Labute approximate surface area is 123 Å². The number of aromatic amines is 1. The van der Waals surface area contributed by atoms with Gasteiger partial charge in [0.2, 0.25) is 5.91 Å². The van der Waals surface area contributed by atoms with E-state index < -0.39 is 6.10 Å². The maximum Gasteiger partial charge on any atom is 0.269 e. The molecule has 1 saturated heterocycles. The van der Waals surface area contributed by atoms with Crippen LogP contribution in [0, 0.1) is 19.8 Å². The van der Waals surface area contributed by atoms with E-state index in [1.54, 1.807) is 6.92 Å². The van der Waals surface area contributed by atoms with Gasteiger partial charge < -0.3 is 15.3 Å². The van der Waals surface area contributed by atoms with E-state index in [-0.39, 0.29) is 30.3 Å². The molecule has 1 aromatic rings. The van der Waals surface area contributed by atoms with Crippen molar-refractivity contribution in [2.24, 2.45) is 5.92 Å². The number of likely N-dealkylation sites (tertiary alicyclic amines) is 1. The van der Waals surface area contributed by atoms with Crippen molar-refractivity contribution in [3.8, 4) is 0 Å². The highest BCUT2D eigenvalue weighted by Gasteiger charge is 2.30. The Morgan fingerprint density at radius 1 is 1.48 bits per heavy atom. The van der Waals surface area contributed by atoms with E-state index in [2.05, 4.69) is 15.5 Å². The molecule has 2 atom stereocenters. The average Bonchev–Trinajstić information content (AvgIpc) is 2.72. The molecule has 7 nitrogen and oxygen atoms in total. The molecule has 0 unspecified atom stereocenters. The fourth-order valence-corrected chi connectivity index (χ4v) is 2.65. The van der Waals surface area contributed by atoms with E-state index in [0.29, 0.717) is 18.7 Å². The second-order valence-electron chi connectivity index (χ2n) is 5.77. The lowest BCUT2D eigenvalue weighted by Crippen LogP contribution is -2.31. The van der Waals surface area contributed by atoms with E-state index in [4.69, 9.17) is 0 Å². The molecule has 2 heterocycles. The Kier molecular flexibility index (Phi) is 4.74. The zero-order chi connectivity index (χ0) is 15.6. The molecule has 21 heavy (non-hydrogen) atoms. The zero-order valence-corrected chi connectivity index (χ0v) is 12.6. The number of H-pyrrole nitrogens is 1. The van der Waals surface area contributed by atoms with Crippen molar-refractivity contribution < 1.29 is 9.90 Å². The Balaban J connectivity index is 1.93. The summed E-state index contributed by atoms with van der Waals surface area (Å²) < 4.78 is 0. The van der Waals surface area contributed by atoms with E-state index in [1.807, 2.05) is 18.9 Å². The summed E-state index contributed by atoms with van der Waals surface area (Å²) in [6, 6.07) is 0. The van der Waals surface area contributed by atoms with Crippen LogP contribution in [0.25, 0.3) is 0 Å². The summed E-state index contributed by atoms with van der Waals surface area (Å²) in [6.07, 6.45) is -0.193. The molecule has 1 aromatic heterocycles. The molecule has 7 heteroatoms. The van der Waals surface area contributed by atoms with Gasteiger partial charge in [-0.25, -0.2) is 5.10 Å². The minimum absolute atomic E-state index is 0.0476. The van der Waals surface area contributed by atoms with Crippen LogP contribution in [-0.4, -0.2) is 52.4 Å². The van der Waals surface area contributed by atoms with Gasteiger partial charge in [0.1, 0.15) is 0 Å². The third kappa shape index (κ3) is 3.68. The predicted molar refractivity (Wildman–Crippen MR) is 77.8 cm³/mol. The molecule has 116 valence electrons. The topological polar surface area (TPSA) is 98.3 Å². The zero-order valence-electron chi connectivity index (χ0n) is 12.6. The van der Waals surface area contributed by atoms with Crippen molar-refractivity contribution in [3.05, 3.63) is 27.2 Å². The molecule has 1 fully saturated rings. The number of carbonyl (C=O) groups excluding carboxylic acids is 1. The lowest BCUT2D eigenvalue weighted by atomic mass is 10.0. The Morgan fingerprint density at radius 3 is 2.81 bits per heavy atom. The highest BCUT2D eigenvalue weighted by Crippen LogP contribution is 2.18. The summed E-state index contributed by atoms with van der Waals surface area (Å²) in [6.45, 7) is 5.11. The Hall–Kier alpha value is -1.73. The number of aliphatic hydroxyl groups is 1. The normalized spacial score (nSPS) is 22.5. The number of amides is 1. The smallest absolute Gasteiger partial charge is 0.269 e. The molecule has 0 bridgehead atoms. The van der Waals surface area contributed by atoms with Gasteiger partial charge in [-0.15, -0.1) is 0 Å². The summed E-state index contributed by atoms with van der Waals surface area (Å²) in [5, 5.41) is 18.9. The van der Waals surface area contributed by atoms with Crippen molar-refractivity contribution in [1.29, 1.82) is 0 Å². The number of aromatic nitrogens is 2. The summed E-state index contributed by atoms with van der Waals surface area (Å²) in [5.74, 6) is -0.198. The summed E-state index contributed by atoms with van der Waals surface area (Å²) in [5.41, 5.74) is 1.78. The maximum atomic E-state index is 12.0. The molecule has 1 aliphatic heterocycles. The molecule has 2 rings (SSSR count). The van der Waals surface area contributed by atoms with Gasteiger partial charge in [-0.05, 0) is 26.5 Å². The van der Waals surface area contributed by atoms with E-state index in [1.165, 1.54) is 0 Å². The fraction of sp³-hybridized carbons (Fsp3) is 0.643. The van der Waals surface area contributed by atoms with Crippen molar-refractivity contribution in [3.63, 3.8) is 0 Å². The number of aryl methyl sites for hydroxylation is 1. The molecule has 0 spiro atoms. The van der Waals surface area contributed by atoms with E-state index in [9.17, 15) is 14.7 Å². The monoisotopic (exact) mass is 294 g/mol. The molecular formula is C14H22N4O3. The van der Waals surface area contributed by atoms with Crippen molar-refractivity contribution in [2.45, 2.75) is 32.9 Å². The molecule has 1 aliphatic rings. The largest absolute Gasteiger partial charge is 0.391 e. The van der Waals surface area contributed by atoms with Gasteiger partial charge in [0, 0.05) is 37.5 Å². The van der Waals surface area contributed by atoms with E-state index in [0.717, 1.165) is 11.3 Å². The minimum Gasteiger partial charge on any atom is -0.391 e. The van der Waals surface area contributed by atoms with Gasteiger partial charge in [0.25, 0.3) is 5.56 Å². The number of rotatable bonds is 4. The third-order valence-electron chi connectivity index (χ3n) is 4.09. The number of hydrogen-bond acceptors (Lipinski definition) is 5. The van der Waals surface area contributed by atoms with Crippen LogP contribution in [0.4, 0.5) is 0 Å². The van der Waals surface area contributed by atoms with Gasteiger partial charge >= 0.3 is 0 Å². The molecular weight excluding hydrogens is 272 g/mol. The average molecular weight is 294 g/mol. The molecule has 0 aromatic carbocycles. The summed E-state index contributed by atoms with van der Waals surface area (Å²) >= 11 is 0. The predicted octanol–water partition coefficient (Wildman–Crippen LogP) is -0.684. The fourth-order valence-electron chi connectivity index (χ4n) is 2.65. The Morgan fingerprint density at radius 2 is 2.19 bits per heavy atom. The summed E-state index contributed by atoms with van der Waals surface area (Å²) in [7, 11) is 1.92. The van der Waals surface area contributed by atoms with Crippen LogP contribution in [0.15, 0.2) is 4.79 Å². The van der Waals surface area contributed by atoms with E-state index >= 15 is 0 Å². The van der Waals surface area contributed by atoms with Gasteiger partial charge in [0.15, 0.2) is 0 Å². The molecule has 0 saturated carbocycles. The van der Waals surface area contributed by atoms with Crippen LogP contribution in [0.1, 0.15) is 23.2 Å². The van der Waals surface area contributed by atoms with Gasteiger partial charge in [-0.1, -0.05) is 0 Å². The second-order valence-corrected chi connectivity index (χ2v) is 5.77. The third-order valence-corrected chi connectivity index (χ3v) is 4.09. The number of β-amino-alcohol motifs (C(OH)–C–C–N with tert-alkyl or cyclic N) is 1. The quantitative estimate of drug-likeness (QED) is 0.683. The molecule has 1 amide bonds. The Bertz CT molecular complexity index is 584. The first-order valence-electron chi connectivity index (χ1n) is 7.06. The van der Waals surface area contributed by atoms with Crippen LogP contribution >= 0.6 is 0 Å². The number of hydrogen-bond donors (Lipinski definition) is 3. The van der Waals surface area contributed by atoms with Crippen molar-refractivity contribution >= 4 is 5.91 Å². The first-order chi connectivity index (χ1) is 9.88. The lowest BCUT2D eigenvalue weighted by molar-refractivity contribution is -0.122. The van der Waals surface area contributed by atoms with Crippen molar-refractivity contribution in [1.82, 2.24) is 20.4 Å². The first-order valence-corrected chi connectivity index (χ1v) is 7.06. The minimum atomic E-state index is -0.464. The number of nitrogens with zero attached hydrogens (tertiary/aromatic N) is 2. The van der Waals surface area contributed by atoms with Crippen LogP contribution < -0.4 is 10.9 Å². The lowest BCUT2D eigenvalue weighted by Gasteiger charge is -2.13. The van der Waals surface area contributed by atoms with Crippen LogP contribution in [-0.2, 0) is 11.3 Å². The molecule has 0 radical (unpaired) electrons. The number of aliphatic hydroxyl groups excluding tert-OH is 1. The maximum absolute atomic E-state index is 12.0. The summed E-state index contributed by atoms with van der Waals surface area (Å²) in [4.78, 5) is 25.7. The van der Waals surface area contributed by atoms with Gasteiger partial charge in [-0.2, -0.15) is 5.10 Å². The van der Waals surface area contributed by atoms with Crippen LogP contribution in [0.5, 0.6) is 0 Å². The van der Waals surface area contributed by atoms with Crippen LogP contribution in [0.2, 0.25) is 0 Å². The number of nitrogens with one attached hydrogen (secondary N) is 2. The van der Waals surface area contributed by atoms with Gasteiger partial charge in [0.05, 0.1) is 11.8 Å². The standard InChI is InChI=1S/C14H22N4O3/c1-8-9(2)16-17-14(21)11(8)5-15-13(20)4-10-6-18(3)7-12(10)19/h10,12,19H,4-7H2,1-3H3,(H,15,20)(H,17,21)/t10-,12-/m1/s1. The van der Waals surface area contributed by atoms with Crippen LogP contribution in [0.3, 0.4) is 0 Å². The highest BCUT2D eigenvalue weighted by atomic mass is 16.3. The molecule has 3 N–H and O–H groups in total. The highest BCUT2D eigenvalue weighted by molar-refractivity contribution is 5.76. The number of carbonyl (C=O) groups is 1. The molecule has 0 aliphatic carbocycles. The SMILES string of the molecule is Cc1n[nH]c(=O)c(CNC(=O)C[C@@H]2CN(C)C[C@H]2O)c1C. The van der Waals surface area contributed by atoms with Gasteiger partial charge in [-0.3, -0.25) is 9.59 Å². The second kappa shape index (κ2) is 6.36.